The minimum absolute atomic E-state index is 0.0951. The van der Waals surface area contributed by atoms with E-state index in [-0.39, 0.29) is 30.8 Å². The molecule has 130 valence electrons. The van der Waals surface area contributed by atoms with Crippen LogP contribution < -0.4 is 14.8 Å². The Balaban J connectivity index is 1.60. The van der Waals surface area contributed by atoms with Gasteiger partial charge in [0.05, 0.1) is 0 Å². The second-order valence-corrected chi connectivity index (χ2v) is 6.03. The zero-order valence-corrected chi connectivity index (χ0v) is 13.5. The second-order valence-electron chi connectivity index (χ2n) is 6.03. The van der Waals surface area contributed by atoms with Gasteiger partial charge in [0.1, 0.15) is 19.3 Å². The predicted molar refractivity (Wildman–Crippen MR) is 84.3 cm³/mol. The van der Waals surface area contributed by atoms with Crippen molar-refractivity contribution in [3.05, 3.63) is 23.8 Å². The van der Waals surface area contributed by atoms with Gasteiger partial charge in [0.2, 0.25) is 5.91 Å². The van der Waals surface area contributed by atoms with Crippen LogP contribution in [-0.2, 0) is 14.3 Å². The Morgan fingerprint density at radius 2 is 2.08 bits per heavy atom. The standard InChI is InChI=1S/C17H21NO6/c1-22-5-4-13(17(20)21)18-16(19)12-9-11(12)10-2-3-14-15(8-10)24-7-6-23-14/h2-3,8,11-13H,4-7,9H2,1H3,(H,18,19)(H,20,21). The van der Waals surface area contributed by atoms with Gasteiger partial charge in [-0.05, 0) is 30.0 Å². The maximum Gasteiger partial charge on any atom is 0.326 e. The van der Waals surface area contributed by atoms with E-state index in [0.717, 1.165) is 11.3 Å². The number of ether oxygens (including phenoxy) is 3. The van der Waals surface area contributed by atoms with Crippen molar-refractivity contribution in [3.8, 4) is 11.5 Å². The molecule has 1 aliphatic carbocycles. The molecule has 0 spiro atoms. The van der Waals surface area contributed by atoms with Crippen molar-refractivity contribution in [3.63, 3.8) is 0 Å². The molecule has 0 bridgehead atoms. The zero-order valence-electron chi connectivity index (χ0n) is 13.5. The minimum Gasteiger partial charge on any atom is -0.486 e. The molecule has 1 aromatic carbocycles. The molecular weight excluding hydrogens is 314 g/mol. The molecule has 1 heterocycles. The smallest absolute Gasteiger partial charge is 0.326 e. The van der Waals surface area contributed by atoms with Crippen LogP contribution in [0.1, 0.15) is 24.3 Å². The van der Waals surface area contributed by atoms with Crippen molar-refractivity contribution in [2.24, 2.45) is 5.92 Å². The number of aliphatic carboxylic acids is 1. The van der Waals surface area contributed by atoms with Crippen molar-refractivity contribution in [2.45, 2.75) is 24.8 Å². The van der Waals surface area contributed by atoms with Crippen LogP contribution in [0.3, 0.4) is 0 Å². The molecule has 0 saturated heterocycles. The van der Waals surface area contributed by atoms with Crippen LogP contribution in [0.15, 0.2) is 18.2 Å². The molecule has 3 atom stereocenters. The van der Waals surface area contributed by atoms with Crippen molar-refractivity contribution in [2.75, 3.05) is 26.9 Å². The third-order valence-corrected chi connectivity index (χ3v) is 4.35. The minimum atomic E-state index is -1.04. The fourth-order valence-electron chi connectivity index (χ4n) is 2.92. The summed E-state index contributed by atoms with van der Waals surface area (Å²) < 4.78 is 15.9. The van der Waals surface area contributed by atoms with Crippen molar-refractivity contribution < 1.29 is 28.9 Å². The monoisotopic (exact) mass is 335 g/mol. The number of carboxylic acids is 1. The Bertz CT molecular complexity index is 632. The van der Waals surface area contributed by atoms with Gasteiger partial charge in [-0.3, -0.25) is 4.79 Å². The summed E-state index contributed by atoms with van der Waals surface area (Å²) in [6.07, 6.45) is 0.959. The summed E-state index contributed by atoms with van der Waals surface area (Å²) in [5, 5.41) is 11.8. The van der Waals surface area contributed by atoms with E-state index in [1.54, 1.807) is 0 Å². The summed E-state index contributed by atoms with van der Waals surface area (Å²) in [4.78, 5) is 23.5. The lowest BCUT2D eigenvalue weighted by molar-refractivity contribution is -0.142. The van der Waals surface area contributed by atoms with Gasteiger partial charge < -0.3 is 24.6 Å². The molecule has 3 rings (SSSR count). The molecule has 0 radical (unpaired) electrons. The summed E-state index contributed by atoms with van der Waals surface area (Å²) in [6, 6.07) is 4.78. The van der Waals surface area contributed by atoms with E-state index in [0.29, 0.717) is 25.4 Å². The van der Waals surface area contributed by atoms with Crippen LogP contribution in [0, 0.1) is 5.92 Å². The van der Waals surface area contributed by atoms with Gasteiger partial charge in [-0.25, -0.2) is 4.79 Å². The number of rotatable bonds is 7. The number of carbonyl (C=O) groups excluding carboxylic acids is 1. The van der Waals surface area contributed by atoms with Gasteiger partial charge in [0.15, 0.2) is 11.5 Å². The summed E-state index contributed by atoms with van der Waals surface area (Å²) in [5.74, 6) is 0.0513. The molecule has 1 amide bonds. The average Bonchev–Trinajstić information content (AvgIpc) is 3.38. The van der Waals surface area contributed by atoms with Crippen LogP contribution in [0.2, 0.25) is 0 Å². The first kappa shape index (κ1) is 16.6. The van der Waals surface area contributed by atoms with Crippen LogP contribution in [0.25, 0.3) is 0 Å². The third kappa shape index (κ3) is 3.62. The van der Waals surface area contributed by atoms with E-state index < -0.39 is 12.0 Å². The highest BCUT2D eigenvalue weighted by Crippen LogP contribution is 2.49. The first-order chi connectivity index (χ1) is 11.6. The van der Waals surface area contributed by atoms with E-state index >= 15 is 0 Å². The van der Waals surface area contributed by atoms with E-state index in [4.69, 9.17) is 19.3 Å². The SMILES string of the molecule is COCCC(NC(=O)C1CC1c1ccc2c(c1)OCCO2)C(=O)O. The van der Waals surface area contributed by atoms with Gasteiger partial charge in [-0.15, -0.1) is 0 Å². The van der Waals surface area contributed by atoms with Crippen LogP contribution in [-0.4, -0.2) is 50.0 Å². The molecule has 1 fully saturated rings. The van der Waals surface area contributed by atoms with E-state index in [2.05, 4.69) is 5.32 Å². The normalized spacial score (nSPS) is 22.5. The highest BCUT2D eigenvalue weighted by molar-refractivity contribution is 5.87. The molecule has 24 heavy (non-hydrogen) atoms. The first-order valence-electron chi connectivity index (χ1n) is 8.02. The molecular formula is C17H21NO6. The Labute approximate surface area is 139 Å². The molecule has 1 aliphatic heterocycles. The summed E-state index contributed by atoms with van der Waals surface area (Å²) in [6.45, 7) is 1.34. The number of amides is 1. The maximum atomic E-state index is 12.3. The topological polar surface area (TPSA) is 94.1 Å². The van der Waals surface area contributed by atoms with E-state index in [1.807, 2.05) is 18.2 Å². The van der Waals surface area contributed by atoms with Gasteiger partial charge in [-0.2, -0.15) is 0 Å². The predicted octanol–water partition coefficient (Wildman–Crippen LogP) is 1.17. The van der Waals surface area contributed by atoms with Gasteiger partial charge in [0.25, 0.3) is 0 Å². The molecule has 1 saturated carbocycles. The highest BCUT2D eigenvalue weighted by atomic mass is 16.6. The number of benzene rings is 1. The average molecular weight is 335 g/mol. The molecule has 7 heteroatoms. The van der Waals surface area contributed by atoms with Crippen molar-refractivity contribution >= 4 is 11.9 Å². The van der Waals surface area contributed by atoms with Gasteiger partial charge in [-0.1, -0.05) is 6.07 Å². The fraction of sp³-hybridized carbons (Fsp3) is 0.529. The van der Waals surface area contributed by atoms with Gasteiger partial charge in [0, 0.05) is 26.1 Å². The maximum absolute atomic E-state index is 12.3. The molecule has 0 aromatic heterocycles. The summed E-state index contributed by atoms with van der Waals surface area (Å²) >= 11 is 0. The number of carbonyl (C=O) groups is 2. The number of hydrogen-bond acceptors (Lipinski definition) is 5. The quantitative estimate of drug-likeness (QED) is 0.777. The van der Waals surface area contributed by atoms with E-state index in [9.17, 15) is 9.59 Å². The third-order valence-electron chi connectivity index (χ3n) is 4.35. The lowest BCUT2D eigenvalue weighted by Gasteiger charge is -2.19. The number of methoxy groups -OCH3 is 1. The Morgan fingerprint density at radius 1 is 1.33 bits per heavy atom. The number of hydrogen-bond donors (Lipinski definition) is 2. The van der Waals surface area contributed by atoms with Crippen LogP contribution >= 0.6 is 0 Å². The number of nitrogens with one attached hydrogen (secondary N) is 1. The number of carboxylic acid groups (broad SMARTS) is 1. The fourth-order valence-corrected chi connectivity index (χ4v) is 2.92. The Hall–Kier alpha value is -2.28. The van der Waals surface area contributed by atoms with E-state index in [1.165, 1.54) is 7.11 Å². The Kier molecular flexibility index (Phi) is 4.89. The van der Waals surface area contributed by atoms with Crippen LogP contribution in [0.5, 0.6) is 11.5 Å². The lowest BCUT2D eigenvalue weighted by Crippen LogP contribution is -2.42. The van der Waals surface area contributed by atoms with Crippen LogP contribution in [0.4, 0.5) is 0 Å². The molecule has 7 nitrogen and oxygen atoms in total. The first-order valence-corrected chi connectivity index (χ1v) is 8.02. The molecule has 1 aromatic rings. The zero-order chi connectivity index (χ0) is 17.1. The molecule has 2 aliphatic rings. The molecule has 3 unspecified atom stereocenters. The van der Waals surface area contributed by atoms with Crippen molar-refractivity contribution in [1.82, 2.24) is 5.32 Å². The second kappa shape index (κ2) is 7.09. The molecule has 2 N–H and O–H groups in total. The lowest BCUT2D eigenvalue weighted by atomic mass is 10.1. The largest absolute Gasteiger partial charge is 0.486 e. The summed E-state index contributed by atoms with van der Waals surface area (Å²) in [5.41, 5.74) is 1.02. The highest BCUT2D eigenvalue weighted by Gasteiger charge is 2.45. The van der Waals surface area contributed by atoms with Crippen molar-refractivity contribution in [1.29, 1.82) is 0 Å². The summed E-state index contributed by atoms with van der Waals surface area (Å²) in [7, 11) is 1.50. The van der Waals surface area contributed by atoms with Gasteiger partial charge >= 0.3 is 5.97 Å². The Morgan fingerprint density at radius 3 is 2.79 bits per heavy atom. The number of fused-ring (bicyclic) bond motifs is 1.